The average Bonchev–Trinajstić information content (AvgIpc) is 2.45. The van der Waals surface area contributed by atoms with Crippen LogP contribution < -0.4 is 0 Å². The van der Waals surface area contributed by atoms with E-state index in [1.54, 1.807) is 0 Å². The van der Waals surface area contributed by atoms with E-state index in [-0.39, 0.29) is 0 Å². The van der Waals surface area contributed by atoms with Crippen LogP contribution in [0.3, 0.4) is 0 Å². The maximum atomic E-state index is 2.63. The Morgan fingerprint density at radius 1 is 0.950 bits per heavy atom. The molecule has 4 atom stereocenters. The SMILES string of the molecule is CCCC(CC)C(CC)CC1(C)CCCCC1CCC. The Kier molecular flexibility index (Phi) is 8.22. The van der Waals surface area contributed by atoms with Gasteiger partial charge in [0.2, 0.25) is 0 Å². The van der Waals surface area contributed by atoms with Crippen LogP contribution in [0, 0.1) is 23.2 Å². The predicted molar refractivity (Wildman–Crippen MR) is 92.1 cm³/mol. The Hall–Kier alpha value is 0. The van der Waals surface area contributed by atoms with Crippen LogP contribution in [-0.4, -0.2) is 0 Å². The van der Waals surface area contributed by atoms with Crippen molar-refractivity contribution in [3.63, 3.8) is 0 Å². The van der Waals surface area contributed by atoms with Gasteiger partial charge in [0, 0.05) is 0 Å². The van der Waals surface area contributed by atoms with Gasteiger partial charge in [0.25, 0.3) is 0 Å². The van der Waals surface area contributed by atoms with Gasteiger partial charge in [-0.15, -0.1) is 0 Å². The number of hydrogen-bond acceptors (Lipinski definition) is 0. The molecule has 0 spiro atoms. The maximum absolute atomic E-state index is 2.63. The minimum Gasteiger partial charge on any atom is -0.0654 e. The molecule has 4 unspecified atom stereocenters. The fraction of sp³-hybridized carbons (Fsp3) is 1.00. The van der Waals surface area contributed by atoms with Crippen molar-refractivity contribution in [2.75, 3.05) is 0 Å². The van der Waals surface area contributed by atoms with E-state index in [2.05, 4.69) is 34.6 Å². The third-order valence-corrected chi connectivity index (χ3v) is 6.28. The Balaban J connectivity index is 2.72. The third kappa shape index (κ3) is 4.78. The standard InChI is InChI=1S/C20H40/c1-6-12-17(8-3)18(9-4)16-20(5)15-11-10-14-19(20)13-7-2/h17-19H,6-16H2,1-5H3. The summed E-state index contributed by atoms with van der Waals surface area (Å²) in [7, 11) is 0. The second-order valence-corrected chi connectivity index (χ2v) is 7.71. The summed E-state index contributed by atoms with van der Waals surface area (Å²) in [6.45, 7) is 12.2. The molecule has 1 aliphatic rings. The van der Waals surface area contributed by atoms with Gasteiger partial charge in [-0.2, -0.15) is 0 Å². The van der Waals surface area contributed by atoms with Crippen LogP contribution in [0.4, 0.5) is 0 Å². The summed E-state index contributed by atoms with van der Waals surface area (Å²) in [4.78, 5) is 0. The molecule has 0 nitrogen and oxygen atoms in total. The molecular weight excluding hydrogens is 240 g/mol. The van der Waals surface area contributed by atoms with E-state index in [1.165, 1.54) is 70.6 Å². The van der Waals surface area contributed by atoms with Gasteiger partial charge in [-0.05, 0) is 42.4 Å². The van der Waals surface area contributed by atoms with Crippen LogP contribution in [0.2, 0.25) is 0 Å². The first-order valence-electron chi connectivity index (χ1n) is 9.61. The lowest BCUT2D eigenvalue weighted by molar-refractivity contribution is 0.0572. The van der Waals surface area contributed by atoms with E-state index in [1.807, 2.05) is 0 Å². The normalized spacial score (nSPS) is 30.1. The summed E-state index contributed by atoms with van der Waals surface area (Å²) in [6.07, 6.45) is 15.9. The molecule has 0 saturated heterocycles. The van der Waals surface area contributed by atoms with Gasteiger partial charge >= 0.3 is 0 Å². The van der Waals surface area contributed by atoms with Gasteiger partial charge in [0.05, 0.1) is 0 Å². The minimum absolute atomic E-state index is 0.649. The highest BCUT2D eigenvalue weighted by molar-refractivity contribution is 4.89. The van der Waals surface area contributed by atoms with Crippen molar-refractivity contribution in [2.45, 2.75) is 105 Å². The Morgan fingerprint density at radius 2 is 1.65 bits per heavy atom. The van der Waals surface area contributed by atoms with Crippen LogP contribution in [0.5, 0.6) is 0 Å². The molecule has 0 aromatic carbocycles. The molecule has 0 aromatic rings. The van der Waals surface area contributed by atoms with Crippen molar-refractivity contribution >= 4 is 0 Å². The molecule has 120 valence electrons. The van der Waals surface area contributed by atoms with Gasteiger partial charge in [-0.25, -0.2) is 0 Å². The molecule has 0 bridgehead atoms. The highest BCUT2D eigenvalue weighted by Crippen LogP contribution is 2.49. The summed E-state index contributed by atoms with van der Waals surface area (Å²) < 4.78 is 0. The summed E-state index contributed by atoms with van der Waals surface area (Å²) in [5.41, 5.74) is 0.649. The van der Waals surface area contributed by atoms with E-state index in [0.29, 0.717) is 5.41 Å². The molecule has 1 rings (SSSR count). The van der Waals surface area contributed by atoms with E-state index >= 15 is 0 Å². The maximum Gasteiger partial charge on any atom is -0.0295 e. The zero-order valence-electron chi connectivity index (χ0n) is 15.0. The van der Waals surface area contributed by atoms with Gasteiger partial charge in [-0.1, -0.05) is 86.0 Å². The second-order valence-electron chi connectivity index (χ2n) is 7.71. The lowest BCUT2D eigenvalue weighted by Gasteiger charge is -2.45. The first-order valence-corrected chi connectivity index (χ1v) is 9.61. The minimum atomic E-state index is 0.649. The largest absolute Gasteiger partial charge is 0.0654 e. The van der Waals surface area contributed by atoms with Crippen LogP contribution in [0.15, 0.2) is 0 Å². The lowest BCUT2D eigenvalue weighted by atomic mass is 9.60. The molecule has 0 radical (unpaired) electrons. The topological polar surface area (TPSA) is 0 Å². The Bertz CT molecular complexity index is 242. The number of hydrogen-bond donors (Lipinski definition) is 0. The molecule has 1 fully saturated rings. The zero-order chi connectivity index (χ0) is 15.0. The fourth-order valence-corrected chi connectivity index (χ4v) is 4.97. The highest BCUT2D eigenvalue weighted by Gasteiger charge is 2.38. The molecule has 0 heteroatoms. The third-order valence-electron chi connectivity index (χ3n) is 6.28. The Labute approximate surface area is 129 Å². The molecule has 0 N–H and O–H groups in total. The van der Waals surface area contributed by atoms with Crippen LogP contribution in [0.25, 0.3) is 0 Å². The van der Waals surface area contributed by atoms with E-state index in [9.17, 15) is 0 Å². The highest BCUT2D eigenvalue weighted by atomic mass is 14.4. The van der Waals surface area contributed by atoms with Crippen LogP contribution in [0.1, 0.15) is 105 Å². The van der Waals surface area contributed by atoms with Crippen LogP contribution in [-0.2, 0) is 0 Å². The zero-order valence-corrected chi connectivity index (χ0v) is 15.0. The average molecular weight is 281 g/mol. The van der Waals surface area contributed by atoms with Gasteiger partial charge in [0.15, 0.2) is 0 Å². The van der Waals surface area contributed by atoms with Crippen molar-refractivity contribution < 1.29 is 0 Å². The van der Waals surface area contributed by atoms with Crippen molar-refractivity contribution in [3.8, 4) is 0 Å². The Morgan fingerprint density at radius 3 is 2.20 bits per heavy atom. The van der Waals surface area contributed by atoms with E-state index in [0.717, 1.165) is 17.8 Å². The van der Waals surface area contributed by atoms with E-state index < -0.39 is 0 Å². The first-order chi connectivity index (χ1) is 9.61. The van der Waals surface area contributed by atoms with Crippen molar-refractivity contribution in [2.24, 2.45) is 23.2 Å². The fourth-order valence-electron chi connectivity index (χ4n) is 4.97. The molecule has 0 heterocycles. The van der Waals surface area contributed by atoms with E-state index in [4.69, 9.17) is 0 Å². The van der Waals surface area contributed by atoms with Crippen molar-refractivity contribution in [1.82, 2.24) is 0 Å². The molecule has 1 saturated carbocycles. The van der Waals surface area contributed by atoms with Gasteiger partial charge < -0.3 is 0 Å². The van der Waals surface area contributed by atoms with Gasteiger partial charge in [-0.3, -0.25) is 0 Å². The molecule has 0 aliphatic heterocycles. The molecule has 0 aromatic heterocycles. The van der Waals surface area contributed by atoms with Crippen molar-refractivity contribution in [3.05, 3.63) is 0 Å². The smallest absolute Gasteiger partial charge is 0.0295 e. The molecule has 0 amide bonds. The summed E-state index contributed by atoms with van der Waals surface area (Å²) in [5.74, 6) is 2.96. The molecular formula is C20H40. The van der Waals surface area contributed by atoms with Crippen LogP contribution >= 0.6 is 0 Å². The first kappa shape index (κ1) is 18.1. The number of rotatable bonds is 9. The summed E-state index contributed by atoms with van der Waals surface area (Å²) >= 11 is 0. The van der Waals surface area contributed by atoms with Crippen molar-refractivity contribution in [1.29, 1.82) is 0 Å². The quantitative estimate of drug-likeness (QED) is 0.418. The molecule has 1 aliphatic carbocycles. The summed E-state index contributed by atoms with van der Waals surface area (Å²) in [5, 5.41) is 0. The lowest BCUT2D eigenvalue weighted by Crippen LogP contribution is -2.34. The molecule has 20 heavy (non-hydrogen) atoms. The summed E-state index contributed by atoms with van der Waals surface area (Å²) in [6, 6.07) is 0. The monoisotopic (exact) mass is 280 g/mol. The predicted octanol–water partition coefficient (Wildman–Crippen LogP) is 7.23. The van der Waals surface area contributed by atoms with Gasteiger partial charge in [0.1, 0.15) is 0 Å². The second kappa shape index (κ2) is 9.11.